The fourth-order valence-corrected chi connectivity index (χ4v) is 2.21. The first-order chi connectivity index (χ1) is 11.5. The summed E-state index contributed by atoms with van der Waals surface area (Å²) in [6.07, 6.45) is 2.55. The van der Waals surface area contributed by atoms with Gasteiger partial charge in [-0.3, -0.25) is 0 Å². The summed E-state index contributed by atoms with van der Waals surface area (Å²) in [5, 5.41) is 2.60. The number of carbonyl (C=O) groups excluding carboxylic acids is 2. The Kier molecular flexibility index (Phi) is 9.58. The number of nitrogens with one attached hydrogen (secondary N) is 1. The lowest BCUT2D eigenvalue weighted by Crippen LogP contribution is -2.42. The van der Waals surface area contributed by atoms with E-state index >= 15 is 0 Å². The summed E-state index contributed by atoms with van der Waals surface area (Å²) in [7, 11) is 0. The van der Waals surface area contributed by atoms with Crippen LogP contribution in [0.15, 0.2) is 30.3 Å². The highest BCUT2D eigenvalue weighted by atomic mass is 16.6. The molecule has 0 aliphatic heterocycles. The molecule has 1 atom stereocenters. The van der Waals surface area contributed by atoms with Crippen molar-refractivity contribution in [1.82, 2.24) is 5.32 Å². The molecule has 24 heavy (non-hydrogen) atoms. The van der Waals surface area contributed by atoms with E-state index in [1.807, 2.05) is 37.3 Å². The Hall–Kier alpha value is -2.04. The lowest BCUT2D eigenvalue weighted by molar-refractivity contribution is -0.146. The van der Waals surface area contributed by atoms with Crippen molar-refractivity contribution in [2.75, 3.05) is 6.61 Å². The number of alkyl carbamates (subject to hydrolysis) is 1. The van der Waals surface area contributed by atoms with Crippen LogP contribution >= 0.6 is 0 Å². The highest BCUT2D eigenvalue weighted by Crippen LogP contribution is 2.06. The van der Waals surface area contributed by atoms with Gasteiger partial charge in [-0.1, -0.05) is 57.5 Å². The van der Waals surface area contributed by atoms with Crippen molar-refractivity contribution in [3.05, 3.63) is 35.9 Å². The van der Waals surface area contributed by atoms with Gasteiger partial charge in [-0.25, -0.2) is 9.59 Å². The number of hydrogen-bond acceptors (Lipinski definition) is 4. The van der Waals surface area contributed by atoms with Gasteiger partial charge >= 0.3 is 12.1 Å². The van der Waals surface area contributed by atoms with Crippen LogP contribution in [0.4, 0.5) is 4.79 Å². The summed E-state index contributed by atoms with van der Waals surface area (Å²) >= 11 is 0. The lowest BCUT2D eigenvalue weighted by Gasteiger charge is -2.17. The van der Waals surface area contributed by atoms with Gasteiger partial charge in [0.2, 0.25) is 0 Å². The van der Waals surface area contributed by atoms with Crippen LogP contribution < -0.4 is 5.32 Å². The number of ether oxygens (including phenoxy) is 2. The average molecular weight is 335 g/mol. The van der Waals surface area contributed by atoms with Gasteiger partial charge in [0, 0.05) is 0 Å². The molecular weight excluding hydrogens is 306 g/mol. The van der Waals surface area contributed by atoms with Crippen molar-refractivity contribution in [3.63, 3.8) is 0 Å². The summed E-state index contributed by atoms with van der Waals surface area (Å²) in [6.45, 7) is 6.78. The van der Waals surface area contributed by atoms with E-state index in [-0.39, 0.29) is 6.61 Å². The molecule has 0 saturated heterocycles. The molecule has 5 nitrogen and oxygen atoms in total. The van der Waals surface area contributed by atoms with E-state index in [4.69, 9.17) is 9.47 Å². The summed E-state index contributed by atoms with van der Waals surface area (Å²) in [5.41, 5.74) is 0.899. The minimum Gasteiger partial charge on any atom is -0.464 e. The van der Waals surface area contributed by atoms with Gasteiger partial charge < -0.3 is 14.8 Å². The second-order valence-electron chi connectivity index (χ2n) is 6.25. The molecule has 1 aromatic rings. The van der Waals surface area contributed by atoms with Crippen LogP contribution in [0.1, 0.15) is 52.0 Å². The molecular formula is C19H29NO4. The second kappa shape index (κ2) is 11.5. The van der Waals surface area contributed by atoms with Crippen molar-refractivity contribution < 1.29 is 19.1 Å². The second-order valence-corrected chi connectivity index (χ2v) is 6.25. The molecule has 0 aliphatic rings. The third kappa shape index (κ3) is 8.56. The fourth-order valence-electron chi connectivity index (χ4n) is 2.21. The number of benzene rings is 1. The van der Waals surface area contributed by atoms with E-state index in [2.05, 4.69) is 19.2 Å². The van der Waals surface area contributed by atoms with Crippen LogP contribution in [0.2, 0.25) is 0 Å². The zero-order chi connectivity index (χ0) is 17.8. The van der Waals surface area contributed by atoms with Gasteiger partial charge in [-0.15, -0.1) is 0 Å². The largest absolute Gasteiger partial charge is 0.464 e. The Morgan fingerprint density at radius 2 is 1.79 bits per heavy atom. The molecule has 0 spiro atoms. The number of amides is 1. The highest BCUT2D eigenvalue weighted by Gasteiger charge is 2.22. The number of rotatable bonds is 10. The van der Waals surface area contributed by atoms with Crippen LogP contribution in [-0.2, 0) is 20.9 Å². The molecule has 1 rings (SSSR count). The summed E-state index contributed by atoms with van der Waals surface area (Å²) in [6, 6.07) is 8.75. The van der Waals surface area contributed by atoms with Gasteiger partial charge in [0.25, 0.3) is 0 Å². The van der Waals surface area contributed by atoms with Gasteiger partial charge in [-0.05, 0) is 30.7 Å². The fraction of sp³-hybridized carbons (Fsp3) is 0.579. The standard InChI is InChI=1S/C19H29NO4/c1-4-9-17(18(21)23-13-8-10-15(2)3)20-19(22)24-14-16-11-6-5-7-12-16/h5-7,11-12,15,17H,4,8-10,13-14H2,1-3H3,(H,20,22). The number of esters is 1. The Morgan fingerprint density at radius 1 is 1.08 bits per heavy atom. The van der Waals surface area contributed by atoms with E-state index in [0.29, 0.717) is 18.9 Å². The van der Waals surface area contributed by atoms with Crippen molar-refractivity contribution in [1.29, 1.82) is 0 Å². The first kappa shape index (κ1) is 20.0. The van der Waals surface area contributed by atoms with Crippen LogP contribution in [0.3, 0.4) is 0 Å². The Bertz CT molecular complexity index is 487. The van der Waals surface area contributed by atoms with E-state index in [0.717, 1.165) is 24.8 Å². The molecule has 0 aliphatic carbocycles. The molecule has 0 fully saturated rings. The van der Waals surface area contributed by atoms with Crippen molar-refractivity contribution in [3.8, 4) is 0 Å². The third-order valence-corrected chi connectivity index (χ3v) is 3.54. The van der Waals surface area contributed by atoms with E-state index < -0.39 is 18.1 Å². The van der Waals surface area contributed by atoms with Gasteiger partial charge in [0.05, 0.1) is 6.61 Å². The third-order valence-electron chi connectivity index (χ3n) is 3.54. The minimum atomic E-state index is -0.655. The van der Waals surface area contributed by atoms with Crippen LogP contribution in [-0.4, -0.2) is 24.7 Å². The molecule has 0 bridgehead atoms. The van der Waals surface area contributed by atoms with Gasteiger partial charge in [-0.2, -0.15) is 0 Å². The molecule has 0 aromatic heterocycles. The first-order valence-corrected chi connectivity index (χ1v) is 8.66. The normalized spacial score (nSPS) is 11.8. The topological polar surface area (TPSA) is 64.6 Å². The first-order valence-electron chi connectivity index (χ1n) is 8.66. The molecule has 1 N–H and O–H groups in total. The number of carbonyl (C=O) groups is 2. The SMILES string of the molecule is CCCC(NC(=O)OCc1ccccc1)C(=O)OCCCC(C)C. The van der Waals surface area contributed by atoms with Crippen LogP contribution in [0.25, 0.3) is 0 Å². The predicted molar refractivity (Wildman–Crippen MR) is 93.5 cm³/mol. The maximum Gasteiger partial charge on any atom is 0.408 e. The molecule has 0 radical (unpaired) electrons. The van der Waals surface area contributed by atoms with Crippen LogP contribution in [0, 0.1) is 5.92 Å². The van der Waals surface area contributed by atoms with Gasteiger partial charge in [0.1, 0.15) is 12.6 Å². The number of hydrogen-bond donors (Lipinski definition) is 1. The zero-order valence-corrected chi connectivity index (χ0v) is 14.9. The molecule has 5 heteroatoms. The minimum absolute atomic E-state index is 0.176. The van der Waals surface area contributed by atoms with Crippen molar-refractivity contribution >= 4 is 12.1 Å². The predicted octanol–water partition coefficient (Wildman–Crippen LogP) is 4.06. The van der Waals surface area contributed by atoms with Crippen molar-refractivity contribution in [2.24, 2.45) is 5.92 Å². The summed E-state index contributed by atoms with van der Waals surface area (Å²) < 4.78 is 10.4. The maximum absolute atomic E-state index is 12.1. The summed E-state index contributed by atoms with van der Waals surface area (Å²) in [4.78, 5) is 24.0. The molecule has 0 saturated carbocycles. The monoisotopic (exact) mass is 335 g/mol. The van der Waals surface area contributed by atoms with Gasteiger partial charge in [0.15, 0.2) is 0 Å². The molecule has 1 aromatic carbocycles. The highest BCUT2D eigenvalue weighted by molar-refractivity contribution is 5.81. The lowest BCUT2D eigenvalue weighted by atomic mass is 10.1. The zero-order valence-electron chi connectivity index (χ0n) is 14.9. The molecule has 1 unspecified atom stereocenters. The molecule has 0 heterocycles. The maximum atomic E-state index is 12.1. The molecule has 134 valence electrons. The summed E-state index contributed by atoms with van der Waals surface area (Å²) in [5.74, 6) is 0.193. The smallest absolute Gasteiger partial charge is 0.408 e. The quantitative estimate of drug-likeness (QED) is 0.517. The van der Waals surface area contributed by atoms with E-state index in [1.54, 1.807) is 0 Å². The van der Waals surface area contributed by atoms with Crippen LogP contribution in [0.5, 0.6) is 0 Å². The Labute approximate surface area is 144 Å². The Balaban J connectivity index is 2.37. The average Bonchev–Trinajstić information content (AvgIpc) is 2.57. The molecule has 1 amide bonds. The Morgan fingerprint density at radius 3 is 2.42 bits per heavy atom. The van der Waals surface area contributed by atoms with E-state index in [9.17, 15) is 9.59 Å². The van der Waals surface area contributed by atoms with Crippen molar-refractivity contribution in [2.45, 2.75) is 59.1 Å². The van der Waals surface area contributed by atoms with E-state index in [1.165, 1.54) is 0 Å².